The number of fused-ring (bicyclic) bond motifs is 1. The Morgan fingerprint density at radius 3 is 2.68 bits per heavy atom. The molecule has 0 N–H and O–H groups in total. The third-order valence-corrected chi connectivity index (χ3v) is 5.10. The maximum atomic E-state index is 6.23. The molecule has 0 aliphatic carbocycles. The molecule has 0 bridgehead atoms. The Bertz CT molecular complexity index is 749. The molecule has 4 heteroatoms. The second-order valence-electron chi connectivity index (χ2n) is 4.31. The van der Waals surface area contributed by atoms with Gasteiger partial charge in [-0.15, -0.1) is 11.3 Å². The molecular formula is C15H9BrCl2S. The molecule has 2 aromatic carbocycles. The van der Waals surface area contributed by atoms with Crippen LogP contribution in [0, 0.1) is 0 Å². The van der Waals surface area contributed by atoms with Crippen molar-refractivity contribution in [1.29, 1.82) is 0 Å². The van der Waals surface area contributed by atoms with Crippen LogP contribution in [0.2, 0.25) is 10.0 Å². The average Bonchev–Trinajstić information content (AvgIpc) is 2.75. The lowest BCUT2D eigenvalue weighted by Crippen LogP contribution is -1.86. The Hall–Kier alpha value is -0.540. The Labute approximate surface area is 134 Å². The van der Waals surface area contributed by atoms with Gasteiger partial charge in [-0.3, -0.25) is 0 Å². The van der Waals surface area contributed by atoms with E-state index in [9.17, 15) is 0 Å². The highest BCUT2D eigenvalue weighted by Crippen LogP contribution is 2.31. The van der Waals surface area contributed by atoms with Crippen LogP contribution in [0.4, 0.5) is 0 Å². The number of halogens is 3. The van der Waals surface area contributed by atoms with Gasteiger partial charge in [-0.2, -0.15) is 0 Å². The van der Waals surface area contributed by atoms with Crippen molar-refractivity contribution < 1.29 is 0 Å². The molecule has 0 radical (unpaired) electrons. The summed E-state index contributed by atoms with van der Waals surface area (Å²) in [5, 5.41) is 2.82. The summed E-state index contributed by atoms with van der Waals surface area (Å²) in [5.74, 6) is 0. The first-order valence-electron chi connectivity index (χ1n) is 5.74. The van der Waals surface area contributed by atoms with Crippen molar-refractivity contribution in [3.8, 4) is 0 Å². The summed E-state index contributed by atoms with van der Waals surface area (Å²) >= 11 is 17.5. The van der Waals surface area contributed by atoms with E-state index in [1.807, 2.05) is 24.3 Å². The maximum absolute atomic E-state index is 6.23. The van der Waals surface area contributed by atoms with Crippen molar-refractivity contribution in [2.24, 2.45) is 0 Å². The van der Waals surface area contributed by atoms with Crippen molar-refractivity contribution in [2.45, 2.75) is 6.42 Å². The van der Waals surface area contributed by atoms with Crippen LogP contribution in [0.5, 0.6) is 0 Å². The van der Waals surface area contributed by atoms with Crippen LogP contribution in [0.15, 0.2) is 46.9 Å². The Balaban J connectivity index is 1.98. The van der Waals surface area contributed by atoms with Gasteiger partial charge in [0.1, 0.15) is 0 Å². The van der Waals surface area contributed by atoms with Crippen molar-refractivity contribution in [3.63, 3.8) is 0 Å². The molecule has 3 rings (SSSR count). The van der Waals surface area contributed by atoms with Crippen molar-refractivity contribution >= 4 is 60.6 Å². The van der Waals surface area contributed by atoms with E-state index in [-0.39, 0.29) is 0 Å². The number of rotatable bonds is 2. The molecule has 0 aliphatic rings. The molecule has 1 heterocycles. The van der Waals surface area contributed by atoms with E-state index in [0.29, 0.717) is 0 Å². The first kappa shape index (κ1) is 13.4. The van der Waals surface area contributed by atoms with Gasteiger partial charge < -0.3 is 0 Å². The topological polar surface area (TPSA) is 0 Å². The molecule has 3 aromatic rings. The SMILES string of the molecule is Clc1ccc2cc(Cc3cc(Br)ccc3Cl)sc2c1. The van der Waals surface area contributed by atoms with Gasteiger partial charge in [0.25, 0.3) is 0 Å². The quantitative estimate of drug-likeness (QED) is 0.478. The molecule has 0 fully saturated rings. The fourth-order valence-corrected chi connectivity index (χ4v) is 3.97. The molecule has 0 atom stereocenters. The van der Waals surface area contributed by atoms with Crippen LogP contribution in [-0.4, -0.2) is 0 Å². The minimum atomic E-state index is 0.779. The highest BCUT2D eigenvalue weighted by atomic mass is 79.9. The molecule has 0 saturated carbocycles. The predicted molar refractivity (Wildman–Crippen MR) is 88.8 cm³/mol. The summed E-state index contributed by atoms with van der Waals surface area (Å²) in [6.07, 6.45) is 0.842. The lowest BCUT2D eigenvalue weighted by molar-refractivity contribution is 1.24. The van der Waals surface area contributed by atoms with Crippen LogP contribution in [-0.2, 0) is 6.42 Å². The summed E-state index contributed by atoms with van der Waals surface area (Å²) < 4.78 is 2.27. The largest absolute Gasteiger partial charge is 0.140 e. The van der Waals surface area contributed by atoms with E-state index in [0.717, 1.165) is 26.5 Å². The summed E-state index contributed by atoms with van der Waals surface area (Å²) in [4.78, 5) is 1.29. The average molecular weight is 372 g/mol. The monoisotopic (exact) mass is 370 g/mol. The molecule has 0 amide bonds. The fourth-order valence-electron chi connectivity index (χ4n) is 2.01. The minimum Gasteiger partial charge on any atom is -0.140 e. The minimum absolute atomic E-state index is 0.779. The van der Waals surface area contributed by atoms with Crippen molar-refractivity contribution in [1.82, 2.24) is 0 Å². The zero-order valence-corrected chi connectivity index (χ0v) is 13.7. The lowest BCUT2D eigenvalue weighted by Gasteiger charge is -2.02. The highest BCUT2D eigenvalue weighted by Gasteiger charge is 2.07. The van der Waals surface area contributed by atoms with Crippen LogP contribution < -0.4 is 0 Å². The number of benzene rings is 2. The van der Waals surface area contributed by atoms with Crippen LogP contribution >= 0.6 is 50.5 Å². The van der Waals surface area contributed by atoms with Gasteiger partial charge in [-0.05, 0) is 47.3 Å². The van der Waals surface area contributed by atoms with Gasteiger partial charge in [0, 0.05) is 30.5 Å². The maximum Gasteiger partial charge on any atom is 0.0442 e. The third kappa shape index (κ3) is 2.97. The summed E-state index contributed by atoms with van der Waals surface area (Å²) in [6.45, 7) is 0. The molecule has 0 spiro atoms. The number of hydrogen-bond donors (Lipinski definition) is 0. The van der Waals surface area contributed by atoms with Crippen LogP contribution in [0.1, 0.15) is 10.4 Å². The van der Waals surface area contributed by atoms with Gasteiger partial charge in [-0.25, -0.2) is 0 Å². The van der Waals surface area contributed by atoms with Gasteiger partial charge in [0.2, 0.25) is 0 Å². The Kier molecular flexibility index (Phi) is 3.86. The summed E-state index contributed by atoms with van der Waals surface area (Å²) in [5.41, 5.74) is 1.13. The van der Waals surface area contributed by atoms with Gasteiger partial charge in [0.05, 0.1) is 0 Å². The van der Waals surface area contributed by atoms with Crippen molar-refractivity contribution in [2.75, 3.05) is 0 Å². The molecule has 0 aliphatic heterocycles. The first-order valence-corrected chi connectivity index (χ1v) is 8.10. The van der Waals surface area contributed by atoms with E-state index in [1.54, 1.807) is 11.3 Å². The molecule has 0 nitrogen and oxygen atoms in total. The van der Waals surface area contributed by atoms with E-state index in [1.165, 1.54) is 15.0 Å². The fraction of sp³-hybridized carbons (Fsp3) is 0.0667. The molecule has 0 saturated heterocycles. The van der Waals surface area contributed by atoms with Gasteiger partial charge in [0.15, 0.2) is 0 Å². The Morgan fingerprint density at radius 2 is 1.84 bits per heavy atom. The molecule has 96 valence electrons. The highest BCUT2D eigenvalue weighted by molar-refractivity contribution is 9.10. The van der Waals surface area contributed by atoms with Crippen molar-refractivity contribution in [3.05, 3.63) is 67.4 Å². The van der Waals surface area contributed by atoms with Crippen LogP contribution in [0.3, 0.4) is 0 Å². The van der Waals surface area contributed by atoms with E-state index >= 15 is 0 Å². The van der Waals surface area contributed by atoms with Gasteiger partial charge >= 0.3 is 0 Å². The zero-order valence-electron chi connectivity index (χ0n) is 9.79. The molecular weight excluding hydrogens is 363 g/mol. The first-order chi connectivity index (χ1) is 9.11. The molecule has 19 heavy (non-hydrogen) atoms. The third-order valence-electron chi connectivity index (χ3n) is 2.91. The van der Waals surface area contributed by atoms with E-state index in [4.69, 9.17) is 23.2 Å². The predicted octanol–water partition coefficient (Wildman–Crippen LogP) is 6.56. The van der Waals surface area contributed by atoms with Crippen LogP contribution in [0.25, 0.3) is 10.1 Å². The number of thiophene rings is 1. The molecule has 1 aromatic heterocycles. The smallest absolute Gasteiger partial charge is 0.0442 e. The Morgan fingerprint density at radius 1 is 1.00 bits per heavy atom. The van der Waals surface area contributed by atoms with Gasteiger partial charge in [-0.1, -0.05) is 45.2 Å². The standard InChI is InChI=1S/C15H9BrCl2S/c16-11-2-4-14(18)10(5-11)7-13-6-9-1-3-12(17)8-15(9)19-13/h1-6,8H,7H2. The lowest BCUT2D eigenvalue weighted by atomic mass is 10.1. The molecule has 0 unspecified atom stereocenters. The summed E-state index contributed by atoms with van der Waals surface area (Å²) in [7, 11) is 0. The zero-order chi connectivity index (χ0) is 13.4. The summed E-state index contributed by atoms with van der Waals surface area (Å²) in [6, 6.07) is 14.1. The van der Waals surface area contributed by atoms with E-state index < -0.39 is 0 Å². The normalized spacial score (nSPS) is 11.1. The number of hydrogen-bond acceptors (Lipinski definition) is 1. The van der Waals surface area contributed by atoms with E-state index in [2.05, 4.69) is 34.1 Å². The second kappa shape index (κ2) is 5.45. The second-order valence-corrected chi connectivity index (χ2v) is 7.24.